The average Bonchev–Trinajstić information content (AvgIpc) is 3.16. The number of benzene rings is 1. The molecule has 6 nitrogen and oxygen atoms in total. The molecule has 0 bridgehead atoms. The zero-order chi connectivity index (χ0) is 19.6. The maximum Gasteiger partial charge on any atom is 0.233 e. The quantitative estimate of drug-likeness (QED) is 0.658. The first-order valence-corrected chi connectivity index (χ1v) is 12.2. The Morgan fingerprint density at radius 2 is 2.11 bits per heavy atom. The number of nitrogens with zero attached hydrogens (tertiary/aromatic N) is 3. The summed E-state index contributed by atoms with van der Waals surface area (Å²) < 4.78 is 25.8. The van der Waals surface area contributed by atoms with Crippen LogP contribution in [-0.2, 0) is 21.2 Å². The monoisotopic (exact) mass is 409 g/mol. The van der Waals surface area contributed by atoms with Crippen molar-refractivity contribution >= 4 is 38.5 Å². The third kappa shape index (κ3) is 4.66. The van der Waals surface area contributed by atoms with Crippen molar-refractivity contribution in [1.29, 1.82) is 0 Å². The first-order chi connectivity index (χ1) is 12.8. The van der Waals surface area contributed by atoms with Gasteiger partial charge in [0.2, 0.25) is 5.91 Å². The number of sulfone groups is 1. The van der Waals surface area contributed by atoms with Crippen LogP contribution in [0.4, 0.5) is 0 Å². The second-order valence-electron chi connectivity index (χ2n) is 7.41. The van der Waals surface area contributed by atoms with Crippen LogP contribution in [0.5, 0.6) is 0 Å². The number of thioether (sulfide) groups is 1. The number of hydrogen-bond donors (Lipinski definition) is 0. The molecule has 148 valence electrons. The summed E-state index contributed by atoms with van der Waals surface area (Å²) in [5.41, 5.74) is 1.99. The van der Waals surface area contributed by atoms with E-state index in [1.165, 1.54) is 11.8 Å². The first kappa shape index (κ1) is 20.2. The van der Waals surface area contributed by atoms with Crippen molar-refractivity contribution in [3.8, 4) is 0 Å². The summed E-state index contributed by atoms with van der Waals surface area (Å²) in [6.07, 6.45) is 0.541. The fourth-order valence-electron chi connectivity index (χ4n) is 3.55. The molecule has 2 aromatic rings. The van der Waals surface area contributed by atoms with E-state index >= 15 is 0 Å². The minimum atomic E-state index is -3.02. The van der Waals surface area contributed by atoms with Crippen LogP contribution in [0.1, 0.15) is 27.2 Å². The molecular formula is C19H27N3O3S2. The summed E-state index contributed by atoms with van der Waals surface area (Å²) in [7, 11) is -3.02. The van der Waals surface area contributed by atoms with Crippen molar-refractivity contribution < 1.29 is 13.2 Å². The van der Waals surface area contributed by atoms with E-state index in [4.69, 9.17) is 0 Å². The van der Waals surface area contributed by atoms with Crippen molar-refractivity contribution in [3.63, 3.8) is 0 Å². The Hall–Kier alpha value is -1.54. The highest BCUT2D eigenvalue weighted by Crippen LogP contribution is 2.26. The fourth-order valence-corrected chi connectivity index (χ4v) is 6.24. The van der Waals surface area contributed by atoms with Crippen LogP contribution in [0.15, 0.2) is 29.4 Å². The molecule has 3 rings (SSSR count). The topological polar surface area (TPSA) is 72.3 Å². The average molecular weight is 410 g/mol. The lowest BCUT2D eigenvalue weighted by atomic mass is 10.1. The van der Waals surface area contributed by atoms with Gasteiger partial charge in [-0.05, 0) is 31.4 Å². The van der Waals surface area contributed by atoms with Crippen LogP contribution in [0, 0.1) is 5.92 Å². The Labute approximate surface area is 165 Å². The number of aryl methyl sites for hydroxylation is 1. The Balaban J connectivity index is 1.74. The molecule has 1 fully saturated rings. The van der Waals surface area contributed by atoms with Crippen LogP contribution in [-0.4, -0.2) is 58.6 Å². The minimum absolute atomic E-state index is 0.00879. The lowest BCUT2D eigenvalue weighted by Gasteiger charge is -2.29. The number of para-hydroxylation sites is 2. The highest BCUT2D eigenvalue weighted by molar-refractivity contribution is 7.99. The van der Waals surface area contributed by atoms with Crippen molar-refractivity contribution in [2.75, 3.05) is 23.8 Å². The molecule has 8 heteroatoms. The number of amides is 1. The lowest BCUT2D eigenvalue weighted by molar-refractivity contribution is -0.130. The molecule has 0 aliphatic carbocycles. The largest absolute Gasteiger partial charge is 0.338 e. The third-order valence-electron chi connectivity index (χ3n) is 4.79. The number of hydrogen-bond acceptors (Lipinski definition) is 5. The number of aromatic nitrogens is 2. The predicted octanol–water partition coefficient (Wildman–Crippen LogP) is 2.82. The maximum atomic E-state index is 12.9. The van der Waals surface area contributed by atoms with E-state index in [9.17, 15) is 13.2 Å². The predicted molar refractivity (Wildman–Crippen MR) is 110 cm³/mol. The highest BCUT2D eigenvalue weighted by Gasteiger charge is 2.34. The van der Waals surface area contributed by atoms with Crippen molar-refractivity contribution in [2.24, 2.45) is 5.92 Å². The summed E-state index contributed by atoms with van der Waals surface area (Å²) in [6.45, 7) is 7.53. The van der Waals surface area contributed by atoms with E-state index in [2.05, 4.69) is 16.5 Å². The van der Waals surface area contributed by atoms with Gasteiger partial charge in [-0.15, -0.1) is 0 Å². The van der Waals surface area contributed by atoms with Gasteiger partial charge in [-0.3, -0.25) is 4.79 Å². The van der Waals surface area contributed by atoms with E-state index in [-0.39, 0.29) is 29.2 Å². The normalized spacial score (nSPS) is 19.0. The van der Waals surface area contributed by atoms with E-state index in [0.717, 1.165) is 22.7 Å². The number of rotatable bonds is 7. The van der Waals surface area contributed by atoms with Crippen LogP contribution in [0.25, 0.3) is 11.0 Å². The summed E-state index contributed by atoms with van der Waals surface area (Å²) >= 11 is 1.43. The van der Waals surface area contributed by atoms with Crippen molar-refractivity contribution in [2.45, 2.75) is 44.9 Å². The van der Waals surface area contributed by atoms with Gasteiger partial charge in [-0.2, -0.15) is 0 Å². The molecule has 1 saturated heterocycles. The van der Waals surface area contributed by atoms with Gasteiger partial charge in [0.1, 0.15) is 0 Å². The van der Waals surface area contributed by atoms with Gasteiger partial charge in [-0.25, -0.2) is 13.4 Å². The molecule has 0 N–H and O–H groups in total. The van der Waals surface area contributed by atoms with Gasteiger partial charge < -0.3 is 9.47 Å². The first-order valence-electron chi connectivity index (χ1n) is 9.38. The lowest BCUT2D eigenvalue weighted by Crippen LogP contribution is -2.44. The summed E-state index contributed by atoms with van der Waals surface area (Å²) in [6, 6.07) is 7.75. The maximum absolute atomic E-state index is 12.9. The molecule has 27 heavy (non-hydrogen) atoms. The molecule has 1 aromatic heterocycles. The van der Waals surface area contributed by atoms with Gasteiger partial charge in [0.15, 0.2) is 15.0 Å². The standard InChI is InChI=1S/C19H27N3O3S2/c1-4-21-17-8-6-5-7-16(17)20-19(21)26-12-18(23)22(11-14(2)3)15-9-10-27(24,25)13-15/h5-8,14-15H,4,9-13H2,1-3H3/t15-/m0/s1. The number of imidazole rings is 1. The molecule has 1 aliphatic rings. The Kier molecular flexibility index (Phi) is 6.15. The van der Waals surface area contributed by atoms with Crippen LogP contribution >= 0.6 is 11.8 Å². The molecule has 1 aromatic carbocycles. The van der Waals surface area contributed by atoms with E-state index in [0.29, 0.717) is 18.9 Å². The van der Waals surface area contributed by atoms with E-state index in [1.807, 2.05) is 38.1 Å². The smallest absolute Gasteiger partial charge is 0.233 e. The van der Waals surface area contributed by atoms with Gasteiger partial charge in [0, 0.05) is 19.1 Å². The minimum Gasteiger partial charge on any atom is -0.338 e. The number of carbonyl (C=O) groups excluding carboxylic acids is 1. The van der Waals surface area contributed by atoms with Crippen LogP contribution < -0.4 is 0 Å². The summed E-state index contributed by atoms with van der Waals surface area (Å²) in [4.78, 5) is 19.4. The summed E-state index contributed by atoms with van der Waals surface area (Å²) in [5, 5.41) is 0.829. The van der Waals surface area contributed by atoms with Crippen molar-refractivity contribution in [3.05, 3.63) is 24.3 Å². The SMILES string of the molecule is CCn1c(SCC(=O)N(CC(C)C)[C@H]2CCS(=O)(=O)C2)nc2ccccc21. The molecule has 2 heterocycles. The van der Waals surface area contributed by atoms with Crippen molar-refractivity contribution in [1.82, 2.24) is 14.5 Å². The van der Waals surface area contributed by atoms with Gasteiger partial charge in [0.05, 0.1) is 28.3 Å². The third-order valence-corrected chi connectivity index (χ3v) is 7.50. The Bertz CT molecular complexity index is 921. The number of carbonyl (C=O) groups is 1. The Morgan fingerprint density at radius 3 is 2.74 bits per heavy atom. The molecular weight excluding hydrogens is 382 g/mol. The van der Waals surface area contributed by atoms with Gasteiger partial charge >= 0.3 is 0 Å². The fraction of sp³-hybridized carbons (Fsp3) is 0.579. The van der Waals surface area contributed by atoms with Gasteiger partial charge in [0.25, 0.3) is 0 Å². The molecule has 1 atom stereocenters. The molecule has 0 unspecified atom stereocenters. The molecule has 0 radical (unpaired) electrons. The van der Waals surface area contributed by atoms with E-state index in [1.54, 1.807) is 4.90 Å². The second kappa shape index (κ2) is 8.22. The zero-order valence-corrected chi connectivity index (χ0v) is 17.7. The van der Waals surface area contributed by atoms with Crippen LogP contribution in [0.2, 0.25) is 0 Å². The zero-order valence-electron chi connectivity index (χ0n) is 16.1. The molecule has 0 spiro atoms. The summed E-state index contributed by atoms with van der Waals surface area (Å²) in [5.74, 6) is 0.821. The second-order valence-corrected chi connectivity index (χ2v) is 10.6. The Morgan fingerprint density at radius 1 is 1.37 bits per heavy atom. The number of fused-ring (bicyclic) bond motifs is 1. The molecule has 1 aliphatic heterocycles. The van der Waals surface area contributed by atoms with Crippen LogP contribution in [0.3, 0.4) is 0 Å². The molecule has 0 saturated carbocycles. The molecule has 1 amide bonds. The van der Waals surface area contributed by atoms with Gasteiger partial charge in [-0.1, -0.05) is 37.7 Å². The van der Waals surface area contributed by atoms with E-state index < -0.39 is 9.84 Å². The highest BCUT2D eigenvalue weighted by atomic mass is 32.2.